The molecule has 2 atom stereocenters. The maximum absolute atomic E-state index is 12.6. The van der Waals surface area contributed by atoms with Gasteiger partial charge in [-0.3, -0.25) is 4.79 Å². The Hall–Kier alpha value is -1.39. The summed E-state index contributed by atoms with van der Waals surface area (Å²) in [6.07, 6.45) is 1.69. The summed E-state index contributed by atoms with van der Waals surface area (Å²) >= 11 is 0. The molecular formula is C17H26N2O2. The Bertz CT molecular complexity index is 481. The smallest absolute Gasteiger partial charge is 0.230 e. The first-order valence-electron chi connectivity index (χ1n) is 7.62. The number of rotatable bonds is 6. The molecule has 0 spiro atoms. The summed E-state index contributed by atoms with van der Waals surface area (Å²) in [5, 5.41) is 6.43. The molecule has 0 bridgehead atoms. The van der Waals surface area contributed by atoms with Crippen molar-refractivity contribution < 1.29 is 9.53 Å². The van der Waals surface area contributed by atoms with Crippen molar-refractivity contribution in [2.24, 2.45) is 5.41 Å². The molecule has 21 heavy (non-hydrogen) atoms. The Morgan fingerprint density at radius 1 is 1.48 bits per heavy atom. The van der Waals surface area contributed by atoms with Crippen molar-refractivity contribution in [3.8, 4) is 0 Å². The van der Waals surface area contributed by atoms with E-state index in [0.29, 0.717) is 13.2 Å². The van der Waals surface area contributed by atoms with Gasteiger partial charge in [-0.25, -0.2) is 0 Å². The predicted molar refractivity (Wildman–Crippen MR) is 84.3 cm³/mol. The fraction of sp³-hybridized carbons (Fsp3) is 0.588. The van der Waals surface area contributed by atoms with Gasteiger partial charge in [0.05, 0.1) is 12.0 Å². The van der Waals surface area contributed by atoms with Crippen molar-refractivity contribution in [3.05, 3.63) is 35.4 Å². The number of hydrogen-bond acceptors (Lipinski definition) is 3. The van der Waals surface area contributed by atoms with Gasteiger partial charge in [0.15, 0.2) is 0 Å². The Morgan fingerprint density at radius 2 is 2.24 bits per heavy atom. The van der Waals surface area contributed by atoms with E-state index in [9.17, 15) is 4.79 Å². The van der Waals surface area contributed by atoms with Crippen LogP contribution in [0.4, 0.5) is 0 Å². The Kier molecular flexibility index (Phi) is 5.37. The SMILES string of the molecule is COCC1(C(=O)NC(C)Cc2ccccc2C)CCNC1. The molecular weight excluding hydrogens is 264 g/mol. The number of hydrogen-bond donors (Lipinski definition) is 2. The molecule has 4 nitrogen and oxygen atoms in total. The third-order valence-corrected chi connectivity index (χ3v) is 4.31. The van der Waals surface area contributed by atoms with E-state index in [1.165, 1.54) is 11.1 Å². The minimum Gasteiger partial charge on any atom is -0.384 e. The molecule has 1 amide bonds. The zero-order valence-electron chi connectivity index (χ0n) is 13.2. The van der Waals surface area contributed by atoms with E-state index >= 15 is 0 Å². The van der Waals surface area contributed by atoms with Crippen LogP contribution >= 0.6 is 0 Å². The van der Waals surface area contributed by atoms with Crippen molar-refractivity contribution in [1.82, 2.24) is 10.6 Å². The number of aryl methyl sites for hydroxylation is 1. The Morgan fingerprint density at radius 3 is 2.86 bits per heavy atom. The molecule has 0 radical (unpaired) electrons. The molecule has 0 aromatic heterocycles. The average molecular weight is 290 g/mol. The standard InChI is InChI=1S/C17H26N2O2/c1-13-6-4-5-7-15(13)10-14(2)19-16(20)17(12-21-3)8-9-18-11-17/h4-7,14,18H,8-12H2,1-3H3,(H,19,20). The molecule has 1 saturated heterocycles. The predicted octanol–water partition coefficient (Wildman–Crippen LogP) is 1.67. The molecule has 1 aliphatic heterocycles. The van der Waals surface area contributed by atoms with Crippen LogP contribution in [0.15, 0.2) is 24.3 Å². The second-order valence-electron chi connectivity index (χ2n) is 6.15. The van der Waals surface area contributed by atoms with Crippen LogP contribution in [0.2, 0.25) is 0 Å². The summed E-state index contributed by atoms with van der Waals surface area (Å²) in [6.45, 7) is 6.22. The molecule has 2 N–H and O–H groups in total. The maximum Gasteiger partial charge on any atom is 0.230 e. The van der Waals surface area contributed by atoms with Crippen LogP contribution in [0.5, 0.6) is 0 Å². The molecule has 0 aliphatic carbocycles. The van der Waals surface area contributed by atoms with Crippen LogP contribution in [-0.2, 0) is 16.0 Å². The monoisotopic (exact) mass is 290 g/mol. The Labute approximate surface area is 127 Å². The molecule has 1 fully saturated rings. The van der Waals surface area contributed by atoms with E-state index in [-0.39, 0.29) is 11.9 Å². The van der Waals surface area contributed by atoms with Gasteiger partial charge in [0.2, 0.25) is 5.91 Å². The van der Waals surface area contributed by atoms with Crippen LogP contribution in [0.3, 0.4) is 0 Å². The lowest BCUT2D eigenvalue weighted by Crippen LogP contribution is -2.48. The Balaban J connectivity index is 1.97. The quantitative estimate of drug-likeness (QED) is 0.838. The molecule has 1 aliphatic rings. The second kappa shape index (κ2) is 7.05. The van der Waals surface area contributed by atoms with E-state index in [0.717, 1.165) is 19.4 Å². The van der Waals surface area contributed by atoms with Crippen LogP contribution in [0, 0.1) is 12.3 Å². The third-order valence-electron chi connectivity index (χ3n) is 4.31. The van der Waals surface area contributed by atoms with E-state index in [2.05, 4.69) is 36.6 Å². The van der Waals surface area contributed by atoms with Crippen molar-refractivity contribution in [2.75, 3.05) is 26.8 Å². The summed E-state index contributed by atoms with van der Waals surface area (Å²) in [5.74, 6) is 0.107. The van der Waals surface area contributed by atoms with Gasteiger partial charge in [-0.05, 0) is 44.4 Å². The molecule has 116 valence electrons. The van der Waals surface area contributed by atoms with E-state index < -0.39 is 5.41 Å². The lowest BCUT2D eigenvalue weighted by atomic mass is 9.86. The number of benzene rings is 1. The van der Waals surface area contributed by atoms with E-state index in [1.807, 2.05) is 12.1 Å². The van der Waals surface area contributed by atoms with Gasteiger partial charge < -0.3 is 15.4 Å². The van der Waals surface area contributed by atoms with Gasteiger partial charge in [0, 0.05) is 19.7 Å². The minimum absolute atomic E-state index is 0.107. The lowest BCUT2D eigenvalue weighted by Gasteiger charge is -2.28. The first-order valence-corrected chi connectivity index (χ1v) is 7.62. The first-order chi connectivity index (χ1) is 10.1. The summed E-state index contributed by atoms with van der Waals surface area (Å²) in [5.41, 5.74) is 2.15. The summed E-state index contributed by atoms with van der Waals surface area (Å²) in [6, 6.07) is 8.44. The van der Waals surface area contributed by atoms with Crippen molar-refractivity contribution in [1.29, 1.82) is 0 Å². The normalized spacial score (nSPS) is 23.0. The maximum atomic E-state index is 12.6. The van der Waals surface area contributed by atoms with Crippen LogP contribution < -0.4 is 10.6 Å². The molecule has 0 saturated carbocycles. The summed E-state index contributed by atoms with van der Waals surface area (Å²) in [4.78, 5) is 12.6. The highest BCUT2D eigenvalue weighted by Gasteiger charge is 2.41. The molecule has 1 aromatic carbocycles. The molecule has 4 heteroatoms. The number of ether oxygens (including phenoxy) is 1. The molecule has 2 unspecified atom stereocenters. The fourth-order valence-corrected chi connectivity index (χ4v) is 3.00. The van der Waals surface area contributed by atoms with Gasteiger partial charge in [0.1, 0.15) is 0 Å². The minimum atomic E-state index is -0.408. The first kappa shape index (κ1) is 16.0. The number of nitrogens with one attached hydrogen (secondary N) is 2. The van der Waals surface area contributed by atoms with E-state index in [1.54, 1.807) is 7.11 Å². The topological polar surface area (TPSA) is 50.4 Å². The van der Waals surface area contributed by atoms with Gasteiger partial charge >= 0.3 is 0 Å². The summed E-state index contributed by atoms with van der Waals surface area (Å²) in [7, 11) is 1.66. The van der Waals surface area contributed by atoms with Crippen LogP contribution in [0.25, 0.3) is 0 Å². The largest absolute Gasteiger partial charge is 0.384 e. The van der Waals surface area contributed by atoms with Gasteiger partial charge in [0.25, 0.3) is 0 Å². The number of carbonyl (C=O) groups is 1. The van der Waals surface area contributed by atoms with Crippen LogP contribution in [0.1, 0.15) is 24.5 Å². The molecule has 1 heterocycles. The number of carbonyl (C=O) groups excluding carboxylic acids is 1. The van der Waals surface area contributed by atoms with Gasteiger partial charge in [-0.15, -0.1) is 0 Å². The third kappa shape index (κ3) is 3.83. The van der Waals surface area contributed by atoms with E-state index in [4.69, 9.17) is 4.74 Å². The van der Waals surface area contributed by atoms with Gasteiger partial charge in [-0.2, -0.15) is 0 Å². The van der Waals surface area contributed by atoms with Gasteiger partial charge in [-0.1, -0.05) is 24.3 Å². The number of amides is 1. The lowest BCUT2D eigenvalue weighted by molar-refractivity contribution is -0.133. The zero-order chi connectivity index (χ0) is 15.3. The summed E-state index contributed by atoms with van der Waals surface area (Å²) < 4.78 is 5.27. The molecule has 2 rings (SSSR count). The molecule has 1 aromatic rings. The fourth-order valence-electron chi connectivity index (χ4n) is 3.00. The highest BCUT2D eigenvalue weighted by atomic mass is 16.5. The highest BCUT2D eigenvalue weighted by Crippen LogP contribution is 2.26. The number of methoxy groups -OCH3 is 1. The van der Waals surface area contributed by atoms with Crippen molar-refractivity contribution in [2.45, 2.75) is 32.7 Å². The second-order valence-corrected chi connectivity index (χ2v) is 6.15. The van der Waals surface area contributed by atoms with Crippen molar-refractivity contribution in [3.63, 3.8) is 0 Å². The van der Waals surface area contributed by atoms with Crippen molar-refractivity contribution >= 4 is 5.91 Å². The van der Waals surface area contributed by atoms with Crippen LogP contribution in [-0.4, -0.2) is 38.8 Å². The zero-order valence-corrected chi connectivity index (χ0v) is 13.2. The highest BCUT2D eigenvalue weighted by molar-refractivity contribution is 5.83. The average Bonchev–Trinajstić information content (AvgIpc) is 2.92.